The minimum absolute atomic E-state index is 0.374. The lowest BCUT2D eigenvalue weighted by Gasteiger charge is -2.09. The molecule has 0 saturated carbocycles. The van der Waals surface area contributed by atoms with Crippen molar-refractivity contribution >= 4 is 0 Å². The zero-order chi connectivity index (χ0) is 12.3. The third-order valence-corrected chi connectivity index (χ3v) is 2.39. The number of methoxy groups -OCH3 is 1. The van der Waals surface area contributed by atoms with Gasteiger partial charge in [-0.3, -0.25) is 4.98 Å². The molecule has 1 aromatic heterocycles. The Balaban J connectivity index is 2.68. The van der Waals surface area contributed by atoms with Crippen LogP contribution in [0.15, 0.2) is 36.7 Å². The lowest BCUT2D eigenvalue weighted by Crippen LogP contribution is -1.92. The van der Waals surface area contributed by atoms with Crippen molar-refractivity contribution < 1.29 is 9.13 Å². The van der Waals surface area contributed by atoms with Crippen LogP contribution < -0.4 is 4.74 Å². The Morgan fingerprint density at radius 3 is 2.82 bits per heavy atom. The van der Waals surface area contributed by atoms with Crippen LogP contribution in [-0.2, 0) is 0 Å². The third kappa shape index (κ3) is 2.08. The molecule has 0 aliphatic carbocycles. The maximum Gasteiger partial charge on any atom is 0.126 e. The van der Waals surface area contributed by atoms with Crippen molar-refractivity contribution in [3.8, 4) is 22.9 Å². The van der Waals surface area contributed by atoms with Gasteiger partial charge in [0.15, 0.2) is 0 Å². The van der Waals surface area contributed by atoms with Crippen LogP contribution in [0, 0.1) is 17.1 Å². The highest BCUT2D eigenvalue weighted by Gasteiger charge is 2.11. The van der Waals surface area contributed by atoms with E-state index in [4.69, 9.17) is 10.00 Å². The number of hydrogen-bond acceptors (Lipinski definition) is 3. The van der Waals surface area contributed by atoms with Crippen LogP contribution in [0.4, 0.5) is 4.39 Å². The minimum Gasteiger partial charge on any atom is -0.496 e. The summed E-state index contributed by atoms with van der Waals surface area (Å²) in [5, 5.41) is 8.99. The van der Waals surface area contributed by atoms with Gasteiger partial charge in [0, 0.05) is 23.5 Å². The second-order valence-corrected chi connectivity index (χ2v) is 3.38. The molecule has 2 rings (SSSR count). The molecule has 0 N–H and O–H groups in total. The highest BCUT2D eigenvalue weighted by atomic mass is 19.1. The van der Waals surface area contributed by atoms with E-state index in [9.17, 15) is 4.39 Å². The number of halogens is 1. The summed E-state index contributed by atoms with van der Waals surface area (Å²) in [5.41, 5.74) is 1.54. The standard InChI is InChI=1S/C13H9FN2O/c1-17-13-3-2-10(14)6-12(13)11-4-5-16-8-9(11)7-15/h2-6,8H,1H3. The van der Waals surface area contributed by atoms with Gasteiger partial charge in [-0.2, -0.15) is 5.26 Å². The molecule has 0 aliphatic rings. The van der Waals surface area contributed by atoms with E-state index in [1.54, 1.807) is 12.3 Å². The summed E-state index contributed by atoms with van der Waals surface area (Å²) in [6.07, 6.45) is 3.00. The largest absolute Gasteiger partial charge is 0.496 e. The van der Waals surface area contributed by atoms with Gasteiger partial charge in [0.25, 0.3) is 0 Å². The van der Waals surface area contributed by atoms with Crippen molar-refractivity contribution in [1.29, 1.82) is 5.26 Å². The van der Waals surface area contributed by atoms with Gasteiger partial charge < -0.3 is 4.74 Å². The molecule has 0 aliphatic heterocycles. The summed E-state index contributed by atoms with van der Waals surface area (Å²) in [6.45, 7) is 0. The predicted molar refractivity (Wildman–Crippen MR) is 60.9 cm³/mol. The highest BCUT2D eigenvalue weighted by Crippen LogP contribution is 2.32. The molecule has 4 heteroatoms. The van der Waals surface area contributed by atoms with Crippen molar-refractivity contribution in [2.45, 2.75) is 0 Å². The highest BCUT2D eigenvalue weighted by molar-refractivity contribution is 5.75. The first-order chi connectivity index (χ1) is 8.26. The van der Waals surface area contributed by atoms with Gasteiger partial charge in [-0.1, -0.05) is 0 Å². The van der Waals surface area contributed by atoms with Crippen molar-refractivity contribution in [2.24, 2.45) is 0 Å². The summed E-state index contributed by atoms with van der Waals surface area (Å²) in [5.74, 6) is 0.149. The van der Waals surface area contributed by atoms with Crippen LogP contribution in [0.1, 0.15) is 5.56 Å². The molecule has 0 bridgehead atoms. The first-order valence-electron chi connectivity index (χ1n) is 4.94. The van der Waals surface area contributed by atoms with Gasteiger partial charge in [-0.25, -0.2) is 4.39 Å². The first kappa shape index (κ1) is 11.1. The number of rotatable bonds is 2. The number of pyridine rings is 1. The average Bonchev–Trinajstić information content (AvgIpc) is 2.38. The Morgan fingerprint density at radius 1 is 1.29 bits per heavy atom. The van der Waals surface area contributed by atoms with E-state index < -0.39 is 0 Å². The molecular formula is C13H9FN2O. The molecule has 0 spiro atoms. The quantitative estimate of drug-likeness (QED) is 0.793. The predicted octanol–water partition coefficient (Wildman–Crippen LogP) is 2.77. The van der Waals surface area contributed by atoms with Gasteiger partial charge >= 0.3 is 0 Å². The van der Waals surface area contributed by atoms with E-state index >= 15 is 0 Å². The van der Waals surface area contributed by atoms with E-state index in [-0.39, 0.29) is 5.82 Å². The second-order valence-electron chi connectivity index (χ2n) is 3.38. The normalized spacial score (nSPS) is 9.71. The molecule has 17 heavy (non-hydrogen) atoms. The maximum absolute atomic E-state index is 13.3. The summed E-state index contributed by atoms with van der Waals surface area (Å²) < 4.78 is 18.4. The number of benzene rings is 1. The van der Waals surface area contributed by atoms with Gasteiger partial charge in [-0.05, 0) is 24.3 Å². The van der Waals surface area contributed by atoms with Crippen molar-refractivity contribution in [2.75, 3.05) is 7.11 Å². The average molecular weight is 228 g/mol. The number of nitrogens with zero attached hydrogens (tertiary/aromatic N) is 2. The molecule has 1 aromatic carbocycles. The Labute approximate surface area is 98.1 Å². The number of hydrogen-bond donors (Lipinski definition) is 0. The molecule has 0 atom stereocenters. The van der Waals surface area contributed by atoms with Crippen molar-refractivity contribution in [3.63, 3.8) is 0 Å². The fourth-order valence-electron chi connectivity index (χ4n) is 1.61. The Hall–Kier alpha value is -2.41. The van der Waals surface area contributed by atoms with Crippen LogP contribution in [0.3, 0.4) is 0 Å². The summed E-state index contributed by atoms with van der Waals surface area (Å²) >= 11 is 0. The van der Waals surface area contributed by atoms with E-state index in [0.717, 1.165) is 0 Å². The Morgan fingerprint density at radius 2 is 2.12 bits per heavy atom. The van der Waals surface area contributed by atoms with E-state index in [1.807, 2.05) is 6.07 Å². The van der Waals surface area contributed by atoms with Crippen LogP contribution in [0.2, 0.25) is 0 Å². The molecule has 3 nitrogen and oxygen atoms in total. The first-order valence-corrected chi connectivity index (χ1v) is 4.94. The minimum atomic E-state index is -0.374. The van der Waals surface area contributed by atoms with Gasteiger partial charge in [0.05, 0.1) is 12.7 Å². The van der Waals surface area contributed by atoms with Gasteiger partial charge in [-0.15, -0.1) is 0 Å². The van der Waals surface area contributed by atoms with Gasteiger partial charge in [0.1, 0.15) is 17.6 Å². The fraction of sp³-hybridized carbons (Fsp3) is 0.0769. The van der Waals surface area contributed by atoms with Gasteiger partial charge in [0.2, 0.25) is 0 Å². The molecule has 0 unspecified atom stereocenters. The van der Waals surface area contributed by atoms with Crippen LogP contribution in [0.5, 0.6) is 5.75 Å². The number of nitriles is 1. The molecule has 1 heterocycles. The molecular weight excluding hydrogens is 219 g/mol. The molecule has 0 amide bonds. The maximum atomic E-state index is 13.3. The Bertz CT molecular complexity index is 590. The SMILES string of the molecule is COc1ccc(F)cc1-c1ccncc1C#N. The number of aromatic nitrogens is 1. The molecule has 84 valence electrons. The molecule has 2 aromatic rings. The number of ether oxygens (including phenoxy) is 1. The molecule has 0 fully saturated rings. The lowest BCUT2D eigenvalue weighted by molar-refractivity contribution is 0.415. The third-order valence-electron chi connectivity index (χ3n) is 2.39. The van der Waals surface area contributed by atoms with Crippen LogP contribution in [0.25, 0.3) is 11.1 Å². The fourth-order valence-corrected chi connectivity index (χ4v) is 1.61. The van der Waals surface area contributed by atoms with Crippen molar-refractivity contribution in [3.05, 3.63) is 48.0 Å². The van der Waals surface area contributed by atoms with E-state index in [1.165, 1.54) is 31.5 Å². The van der Waals surface area contributed by atoms with Crippen LogP contribution in [-0.4, -0.2) is 12.1 Å². The summed E-state index contributed by atoms with van der Waals surface area (Å²) in [6, 6.07) is 7.88. The topological polar surface area (TPSA) is 45.9 Å². The van der Waals surface area contributed by atoms with E-state index in [2.05, 4.69) is 4.98 Å². The monoisotopic (exact) mass is 228 g/mol. The molecule has 0 radical (unpaired) electrons. The van der Waals surface area contributed by atoms with E-state index in [0.29, 0.717) is 22.4 Å². The van der Waals surface area contributed by atoms with Crippen molar-refractivity contribution in [1.82, 2.24) is 4.98 Å². The zero-order valence-electron chi connectivity index (χ0n) is 9.14. The summed E-state index contributed by atoms with van der Waals surface area (Å²) in [7, 11) is 1.50. The lowest BCUT2D eigenvalue weighted by atomic mass is 10.0. The molecule has 0 saturated heterocycles. The van der Waals surface area contributed by atoms with Crippen LogP contribution >= 0.6 is 0 Å². The second kappa shape index (κ2) is 4.62. The smallest absolute Gasteiger partial charge is 0.126 e. The summed E-state index contributed by atoms with van der Waals surface area (Å²) in [4.78, 5) is 3.86. The Kier molecular flexibility index (Phi) is 3.01. The zero-order valence-corrected chi connectivity index (χ0v) is 9.14.